The van der Waals surface area contributed by atoms with Gasteiger partial charge < -0.3 is 14.6 Å². The Labute approximate surface area is 137 Å². The summed E-state index contributed by atoms with van der Waals surface area (Å²) >= 11 is 0. The molecule has 5 nitrogen and oxygen atoms in total. The van der Waals surface area contributed by atoms with E-state index in [2.05, 4.69) is 22.1 Å². The van der Waals surface area contributed by atoms with Crippen molar-refractivity contribution >= 4 is 23.0 Å². The van der Waals surface area contributed by atoms with Gasteiger partial charge in [-0.1, -0.05) is 31.9 Å². The number of oxazole rings is 1. The maximum atomic E-state index is 12.2. The van der Waals surface area contributed by atoms with E-state index in [0.29, 0.717) is 6.01 Å². The highest BCUT2D eigenvalue weighted by atomic mass is 16.4. The molecule has 5 heteroatoms. The number of aromatic nitrogens is 1. The topological polar surface area (TPSA) is 58.4 Å². The van der Waals surface area contributed by atoms with Crippen molar-refractivity contribution in [1.82, 2.24) is 10.3 Å². The Morgan fingerprint density at radius 2 is 2.09 bits per heavy atom. The first kappa shape index (κ1) is 15.8. The molecule has 0 saturated carbocycles. The number of carbonyl (C=O) groups is 1. The number of rotatable bonds is 6. The lowest BCUT2D eigenvalue weighted by atomic mass is 9.96. The monoisotopic (exact) mass is 315 g/mol. The molecule has 1 aliphatic heterocycles. The molecule has 0 unspecified atom stereocenters. The summed E-state index contributed by atoms with van der Waals surface area (Å²) in [5.41, 5.74) is 1.71. The minimum atomic E-state index is 0.122. The highest BCUT2D eigenvalue weighted by molar-refractivity contribution is 5.79. The standard InChI is InChI=1S/C18H25N3O2/c1-2-3-6-11-19-17(22)14-9-12-21(13-10-14)18-20-15-7-4-5-8-16(15)23-18/h4-5,7-8,14H,2-3,6,9-13H2,1H3,(H,19,22). The largest absolute Gasteiger partial charge is 0.423 e. The predicted octanol–water partition coefficient (Wildman–Crippen LogP) is 3.35. The Kier molecular flexibility index (Phi) is 5.16. The molecule has 2 aromatic rings. The lowest BCUT2D eigenvalue weighted by Gasteiger charge is -2.30. The van der Waals surface area contributed by atoms with Gasteiger partial charge in [0.05, 0.1) is 0 Å². The van der Waals surface area contributed by atoms with E-state index >= 15 is 0 Å². The molecule has 0 bridgehead atoms. The van der Waals surface area contributed by atoms with Crippen molar-refractivity contribution in [2.75, 3.05) is 24.5 Å². The van der Waals surface area contributed by atoms with Crippen molar-refractivity contribution in [1.29, 1.82) is 0 Å². The summed E-state index contributed by atoms with van der Waals surface area (Å²) in [6.45, 7) is 4.61. The second-order valence-corrected chi connectivity index (χ2v) is 6.22. The first-order chi connectivity index (χ1) is 11.3. The molecule has 0 aliphatic carbocycles. The van der Waals surface area contributed by atoms with E-state index in [4.69, 9.17) is 4.42 Å². The van der Waals surface area contributed by atoms with E-state index in [9.17, 15) is 4.79 Å². The second-order valence-electron chi connectivity index (χ2n) is 6.22. The van der Waals surface area contributed by atoms with E-state index in [1.807, 2.05) is 24.3 Å². The number of anilines is 1. The van der Waals surface area contributed by atoms with Gasteiger partial charge in [-0.3, -0.25) is 4.79 Å². The van der Waals surface area contributed by atoms with Crippen LogP contribution in [0.1, 0.15) is 39.0 Å². The van der Waals surface area contributed by atoms with Crippen molar-refractivity contribution in [2.45, 2.75) is 39.0 Å². The van der Waals surface area contributed by atoms with Crippen molar-refractivity contribution in [3.05, 3.63) is 24.3 Å². The second kappa shape index (κ2) is 7.49. The molecule has 0 radical (unpaired) electrons. The molecule has 0 spiro atoms. The summed E-state index contributed by atoms with van der Waals surface area (Å²) < 4.78 is 5.81. The molecule has 1 amide bonds. The highest BCUT2D eigenvalue weighted by Crippen LogP contribution is 2.26. The van der Waals surface area contributed by atoms with Crippen LogP contribution in [0.5, 0.6) is 0 Å². The van der Waals surface area contributed by atoms with Gasteiger partial charge in [0.25, 0.3) is 6.01 Å². The molecular formula is C18H25N3O2. The smallest absolute Gasteiger partial charge is 0.298 e. The van der Waals surface area contributed by atoms with Crippen LogP contribution in [-0.2, 0) is 4.79 Å². The third-order valence-corrected chi connectivity index (χ3v) is 4.50. The predicted molar refractivity (Wildman–Crippen MR) is 91.5 cm³/mol. The molecule has 1 aromatic heterocycles. The summed E-state index contributed by atoms with van der Waals surface area (Å²) in [5.74, 6) is 0.329. The maximum Gasteiger partial charge on any atom is 0.298 e. The molecule has 124 valence electrons. The summed E-state index contributed by atoms with van der Waals surface area (Å²) in [6.07, 6.45) is 5.15. The zero-order chi connectivity index (χ0) is 16.1. The summed E-state index contributed by atoms with van der Waals surface area (Å²) in [5, 5.41) is 3.07. The van der Waals surface area contributed by atoms with E-state index in [1.54, 1.807) is 0 Å². The van der Waals surface area contributed by atoms with Crippen molar-refractivity contribution in [2.24, 2.45) is 5.92 Å². The molecular weight excluding hydrogens is 290 g/mol. The Bertz CT molecular complexity index is 612. The normalized spacial score (nSPS) is 16.0. The number of hydrogen-bond donors (Lipinski definition) is 1. The number of amides is 1. The average Bonchev–Trinajstić information content (AvgIpc) is 3.03. The number of nitrogens with zero attached hydrogens (tertiary/aromatic N) is 2. The number of unbranched alkanes of at least 4 members (excludes halogenated alkanes) is 2. The minimum absolute atomic E-state index is 0.122. The Morgan fingerprint density at radius 3 is 2.83 bits per heavy atom. The lowest BCUT2D eigenvalue weighted by Crippen LogP contribution is -2.40. The quantitative estimate of drug-likeness (QED) is 0.831. The van der Waals surface area contributed by atoms with Crippen LogP contribution in [0.2, 0.25) is 0 Å². The third-order valence-electron chi connectivity index (χ3n) is 4.50. The highest BCUT2D eigenvalue weighted by Gasteiger charge is 2.26. The zero-order valence-electron chi connectivity index (χ0n) is 13.8. The van der Waals surface area contributed by atoms with Crippen LogP contribution < -0.4 is 10.2 Å². The van der Waals surface area contributed by atoms with Crippen LogP contribution in [0.3, 0.4) is 0 Å². The molecule has 2 heterocycles. The Hall–Kier alpha value is -2.04. The first-order valence-electron chi connectivity index (χ1n) is 8.66. The molecule has 23 heavy (non-hydrogen) atoms. The van der Waals surface area contributed by atoms with Gasteiger partial charge in [0, 0.05) is 25.6 Å². The summed E-state index contributed by atoms with van der Waals surface area (Å²) in [7, 11) is 0. The van der Waals surface area contributed by atoms with Gasteiger partial charge in [-0.05, 0) is 31.4 Å². The molecule has 1 aromatic carbocycles. The first-order valence-corrected chi connectivity index (χ1v) is 8.66. The number of nitrogens with one attached hydrogen (secondary N) is 1. The number of benzene rings is 1. The molecule has 3 rings (SSSR count). The molecule has 1 aliphatic rings. The summed E-state index contributed by atoms with van der Waals surface area (Å²) in [6, 6.07) is 8.48. The van der Waals surface area contributed by atoms with Crippen molar-refractivity contribution in [3.8, 4) is 0 Å². The van der Waals surface area contributed by atoms with Crippen LogP contribution in [0.25, 0.3) is 11.1 Å². The molecule has 1 fully saturated rings. The van der Waals surface area contributed by atoms with Gasteiger partial charge in [-0.25, -0.2) is 0 Å². The number of para-hydroxylation sites is 2. The molecule has 1 N–H and O–H groups in total. The molecule has 1 saturated heterocycles. The maximum absolute atomic E-state index is 12.2. The van der Waals surface area contributed by atoms with E-state index < -0.39 is 0 Å². The van der Waals surface area contributed by atoms with E-state index in [0.717, 1.165) is 50.0 Å². The van der Waals surface area contributed by atoms with E-state index in [-0.39, 0.29) is 11.8 Å². The van der Waals surface area contributed by atoms with E-state index in [1.165, 1.54) is 12.8 Å². The van der Waals surface area contributed by atoms with Gasteiger partial charge in [0.1, 0.15) is 5.52 Å². The van der Waals surface area contributed by atoms with Crippen molar-refractivity contribution in [3.63, 3.8) is 0 Å². The van der Waals surface area contributed by atoms with Gasteiger partial charge in [-0.15, -0.1) is 0 Å². The van der Waals surface area contributed by atoms with Gasteiger partial charge in [0.15, 0.2) is 5.58 Å². The van der Waals surface area contributed by atoms with Crippen LogP contribution in [0.4, 0.5) is 6.01 Å². The van der Waals surface area contributed by atoms with Crippen LogP contribution in [0.15, 0.2) is 28.7 Å². The average molecular weight is 315 g/mol. The van der Waals surface area contributed by atoms with Gasteiger partial charge >= 0.3 is 0 Å². The fourth-order valence-electron chi connectivity index (χ4n) is 3.06. The minimum Gasteiger partial charge on any atom is -0.423 e. The SMILES string of the molecule is CCCCCNC(=O)C1CCN(c2nc3ccccc3o2)CC1. The number of carbonyl (C=O) groups excluding carboxylic acids is 1. The summed E-state index contributed by atoms with van der Waals surface area (Å²) in [4.78, 5) is 18.9. The number of hydrogen-bond acceptors (Lipinski definition) is 4. The Balaban J connectivity index is 1.50. The number of fused-ring (bicyclic) bond motifs is 1. The van der Waals surface area contributed by atoms with Gasteiger partial charge in [0.2, 0.25) is 5.91 Å². The molecule has 0 atom stereocenters. The fourth-order valence-corrected chi connectivity index (χ4v) is 3.06. The third kappa shape index (κ3) is 3.84. The number of piperidine rings is 1. The zero-order valence-corrected chi connectivity index (χ0v) is 13.8. The lowest BCUT2D eigenvalue weighted by molar-refractivity contribution is -0.125. The van der Waals surface area contributed by atoms with Crippen LogP contribution in [0, 0.1) is 5.92 Å². The van der Waals surface area contributed by atoms with Crippen molar-refractivity contribution < 1.29 is 9.21 Å². The van der Waals surface area contributed by atoms with Crippen LogP contribution >= 0.6 is 0 Å². The van der Waals surface area contributed by atoms with Crippen LogP contribution in [-0.4, -0.2) is 30.5 Å². The van der Waals surface area contributed by atoms with Gasteiger partial charge in [-0.2, -0.15) is 4.98 Å². The fraction of sp³-hybridized carbons (Fsp3) is 0.556. The Morgan fingerprint density at radius 1 is 1.30 bits per heavy atom.